The van der Waals surface area contributed by atoms with Gasteiger partial charge >= 0.3 is 0 Å². The fourth-order valence-corrected chi connectivity index (χ4v) is 4.65. The Morgan fingerprint density at radius 3 is 2.46 bits per heavy atom. The van der Waals surface area contributed by atoms with Crippen LogP contribution in [0.15, 0.2) is 73.1 Å². The molecule has 0 saturated carbocycles. The Morgan fingerprint density at radius 2 is 1.76 bits per heavy atom. The fraction of sp³-hybridized carbons (Fsp3) is 0.267. The van der Waals surface area contributed by atoms with Crippen LogP contribution in [0.5, 0.6) is 0 Å². The van der Waals surface area contributed by atoms with Gasteiger partial charge in [0.1, 0.15) is 17.1 Å². The van der Waals surface area contributed by atoms with Gasteiger partial charge < -0.3 is 15.7 Å². The molecule has 11 heteroatoms. The second kappa shape index (κ2) is 12.1. The number of nitrogens with zero attached hydrogens (tertiary/aromatic N) is 6. The number of rotatable bonds is 10. The van der Waals surface area contributed by atoms with Crippen LogP contribution >= 0.6 is 0 Å². The van der Waals surface area contributed by atoms with Gasteiger partial charge in [0, 0.05) is 12.4 Å². The van der Waals surface area contributed by atoms with Crippen molar-refractivity contribution < 1.29 is 14.7 Å². The van der Waals surface area contributed by atoms with Crippen LogP contribution in [0.4, 0.5) is 0 Å². The molecule has 0 saturated heterocycles. The maximum absolute atomic E-state index is 13.6. The molecule has 0 aliphatic heterocycles. The second-order valence-electron chi connectivity index (χ2n) is 10.2. The van der Waals surface area contributed by atoms with E-state index in [0.29, 0.717) is 34.8 Å². The highest BCUT2D eigenvalue weighted by Gasteiger charge is 2.26. The standard InChI is InChI=1S/C30H32N8O3/c1-19(2)16-21(18-39)33-30(41)27-26(24-13-7-8-14-31-24)34-28-23(12-9-15-37(27)28)29(40)32-17-25-20(3)35-38(36-25)22-10-5-4-6-11-22/h4-15,19,21,39H,16-18H2,1-3H3,(H,32,40)(H,33,41)/t21-/m0/s1. The quantitative estimate of drug-likeness (QED) is 0.241. The third-order valence-corrected chi connectivity index (χ3v) is 6.61. The highest BCUT2D eigenvalue weighted by molar-refractivity contribution is 6.04. The number of nitrogens with one attached hydrogen (secondary N) is 2. The molecule has 0 unspecified atom stereocenters. The van der Waals surface area contributed by atoms with E-state index < -0.39 is 11.9 Å². The molecule has 0 aliphatic rings. The van der Waals surface area contributed by atoms with Crippen molar-refractivity contribution in [2.75, 3.05) is 6.61 Å². The molecule has 0 aliphatic carbocycles. The number of benzene rings is 1. The van der Waals surface area contributed by atoms with Crippen LogP contribution in [0.3, 0.4) is 0 Å². The number of pyridine rings is 2. The molecular weight excluding hydrogens is 520 g/mol. The van der Waals surface area contributed by atoms with Gasteiger partial charge in [-0.3, -0.25) is 19.0 Å². The number of amides is 2. The SMILES string of the molecule is Cc1nn(-c2ccccc2)nc1CNC(=O)c1cccn2c(C(=O)N[C@H](CO)CC(C)C)c(-c3ccccn3)nc12. The Labute approximate surface area is 237 Å². The molecule has 0 radical (unpaired) electrons. The van der Waals surface area contributed by atoms with Gasteiger partial charge in [0.2, 0.25) is 0 Å². The molecule has 1 atom stereocenters. The first kappa shape index (κ1) is 27.7. The Balaban J connectivity index is 1.46. The number of aryl methyl sites for hydroxylation is 1. The van der Waals surface area contributed by atoms with Crippen molar-refractivity contribution in [1.82, 2.24) is 40.0 Å². The third-order valence-electron chi connectivity index (χ3n) is 6.61. The monoisotopic (exact) mass is 552 g/mol. The summed E-state index contributed by atoms with van der Waals surface area (Å²) in [5.41, 5.74) is 3.81. The maximum atomic E-state index is 13.6. The summed E-state index contributed by atoms with van der Waals surface area (Å²) >= 11 is 0. The number of carbonyl (C=O) groups excluding carboxylic acids is 2. The highest BCUT2D eigenvalue weighted by atomic mass is 16.3. The van der Waals surface area contributed by atoms with Crippen molar-refractivity contribution in [3.63, 3.8) is 0 Å². The third kappa shape index (κ3) is 5.99. The first-order valence-electron chi connectivity index (χ1n) is 13.5. The van der Waals surface area contributed by atoms with E-state index in [4.69, 9.17) is 4.98 Å². The molecule has 4 heterocycles. The predicted molar refractivity (Wildman–Crippen MR) is 153 cm³/mol. The topological polar surface area (TPSA) is 139 Å². The highest BCUT2D eigenvalue weighted by Crippen LogP contribution is 2.25. The molecule has 4 aromatic heterocycles. The van der Waals surface area contributed by atoms with E-state index in [0.717, 1.165) is 5.69 Å². The minimum atomic E-state index is -0.427. The number of aliphatic hydroxyl groups is 1. The molecule has 0 spiro atoms. The zero-order valence-electron chi connectivity index (χ0n) is 23.2. The van der Waals surface area contributed by atoms with E-state index in [1.54, 1.807) is 41.1 Å². The average Bonchev–Trinajstić information content (AvgIpc) is 3.56. The van der Waals surface area contributed by atoms with Crippen LogP contribution in [0.2, 0.25) is 0 Å². The number of hydrogen-bond donors (Lipinski definition) is 3. The molecular formula is C30H32N8O3. The largest absolute Gasteiger partial charge is 0.394 e. The van der Waals surface area contributed by atoms with Crippen LogP contribution < -0.4 is 10.6 Å². The molecule has 5 aromatic rings. The Morgan fingerprint density at radius 1 is 0.976 bits per heavy atom. The first-order chi connectivity index (χ1) is 19.9. The summed E-state index contributed by atoms with van der Waals surface area (Å²) in [5.74, 6) is -0.511. The summed E-state index contributed by atoms with van der Waals surface area (Å²) in [5, 5.41) is 24.7. The number of aromatic nitrogens is 6. The van der Waals surface area contributed by atoms with Crippen molar-refractivity contribution in [3.05, 3.63) is 95.7 Å². The van der Waals surface area contributed by atoms with Gasteiger partial charge in [-0.1, -0.05) is 38.1 Å². The molecule has 1 aromatic carbocycles. The number of hydrogen-bond acceptors (Lipinski definition) is 7. The van der Waals surface area contributed by atoms with Gasteiger partial charge in [-0.05, 0) is 55.7 Å². The molecule has 3 N–H and O–H groups in total. The summed E-state index contributed by atoms with van der Waals surface area (Å²) in [6, 6.07) is 17.8. The summed E-state index contributed by atoms with van der Waals surface area (Å²) in [4.78, 5) is 37.7. The zero-order chi connectivity index (χ0) is 28.9. The lowest BCUT2D eigenvalue weighted by Crippen LogP contribution is -2.39. The van der Waals surface area contributed by atoms with E-state index >= 15 is 0 Å². The van der Waals surface area contributed by atoms with Crippen molar-refractivity contribution in [1.29, 1.82) is 0 Å². The van der Waals surface area contributed by atoms with Crippen LogP contribution in [-0.4, -0.2) is 58.9 Å². The number of imidazole rings is 1. The molecule has 5 rings (SSSR count). The van der Waals surface area contributed by atoms with Gasteiger partial charge in [-0.2, -0.15) is 15.0 Å². The minimum Gasteiger partial charge on any atom is -0.394 e. The van der Waals surface area contributed by atoms with Crippen molar-refractivity contribution in [3.8, 4) is 17.1 Å². The summed E-state index contributed by atoms with van der Waals surface area (Å²) in [6.07, 6.45) is 3.92. The normalized spacial score (nSPS) is 12.0. The smallest absolute Gasteiger partial charge is 0.270 e. The lowest BCUT2D eigenvalue weighted by molar-refractivity contribution is 0.0901. The number of para-hydroxylation sites is 1. The minimum absolute atomic E-state index is 0.160. The van der Waals surface area contributed by atoms with Crippen molar-refractivity contribution in [2.45, 2.75) is 39.8 Å². The van der Waals surface area contributed by atoms with Crippen LogP contribution in [0.25, 0.3) is 22.7 Å². The maximum Gasteiger partial charge on any atom is 0.270 e. The molecule has 0 fully saturated rings. The molecule has 41 heavy (non-hydrogen) atoms. The van der Waals surface area contributed by atoms with E-state index in [9.17, 15) is 14.7 Å². The fourth-order valence-electron chi connectivity index (χ4n) is 4.65. The van der Waals surface area contributed by atoms with Gasteiger partial charge in [0.25, 0.3) is 11.8 Å². The average molecular weight is 553 g/mol. The molecule has 11 nitrogen and oxygen atoms in total. The van der Waals surface area contributed by atoms with Gasteiger partial charge in [0.15, 0.2) is 5.65 Å². The number of fused-ring (bicyclic) bond motifs is 1. The Hall–Kier alpha value is -4.90. The van der Waals surface area contributed by atoms with Gasteiger partial charge in [-0.15, -0.1) is 0 Å². The van der Waals surface area contributed by atoms with Crippen molar-refractivity contribution >= 4 is 17.5 Å². The molecule has 210 valence electrons. The first-order valence-corrected chi connectivity index (χ1v) is 13.5. The predicted octanol–water partition coefficient (Wildman–Crippen LogP) is 3.35. The Bertz CT molecular complexity index is 1660. The Kier molecular flexibility index (Phi) is 8.16. The van der Waals surface area contributed by atoms with Crippen LogP contribution in [0.1, 0.15) is 52.5 Å². The van der Waals surface area contributed by atoms with Gasteiger partial charge in [-0.25, -0.2) is 4.98 Å². The van der Waals surface area contributed by atoms with Crippen LogP contribution in [0, 0.1) is 12.8 Å². The second-order valence-corrected chi connectivity index (χ2v) is 10.2. The van der Waals surface area contributed by atoms with E-state index in [1.807, 2.05) is 57.2 Å². The van der Waals surface area contributed by atoms with Gasteiger partial charge in [0.05, 0.1) is 41.8 Å². The molecule has 0 bridgehead atoms. The number of carbonyl (C=O) groups is 2. The summed E-state index contributed by atoms with van der Waals surface area (Å²) in [6.45, 7) is 5.86. The van der Waals surface area contributed by atoms with Crippen molar-refractivity contribution in [2.24, 2.45) is 5.92 Å². The van der Waals surface area contributed by atoms with E-state index in [1.165, 1.54) is 4.80 Å². The summed E-state index contributed by atoms with van der Waals surface area (Å²) in [7, 11) is 0. The van der Waals surface area contributed by atoms with E-state index in [-0.39, 0.29) is 36.2 Å². The summed E-state index contributed by atoms with van der Waals surface area (Å²) < 4.78 is 1.59. The lowest BCUT2D eigenvalue weighted by atomic mass is 10.0. The number of aliphatic hydroxyl groups excluding tert-OH is 1. The molecule has 2 amide bonds. The lowest BCUT2D eigenvalue weighted by Gasteiger charge is -2.18. The zero-order valence-corrected chi connectivity index (χ0v) is 23.2. The van der Waals surface area contributed by atoms with E-state index in [2.05, 4.69) is 25.8 Å². The van der Waals surface area contributed by atoms with Crippen LogP contribution in [-0.2, 0) is 6.54 Å².